The van der Waals surface area contributed by atoms with Crippen molar-refractivity contribution in [3.8, 4) is 0 Å². The number of hydrogen-bond acceptors (Lipinski definition) is 1. The Bertz CT molecular complexity index is 654. The van der Waals surface area contributed by atoms with Gasteiger partial charge in [0.1, 0.15) is 0 Å². The molecule has 2 aromatic carbocycles. The van der Waals surface area contributed by atoms with Crippen molar-refractivity contribution in [1.29, 1.82) is 0 Å². The van der Waals surface area contributed by atoms with Crippen LogP contribution >= 0.6 is 0 Å². The van der Waals surface area contributed by atoms with Crippen LogP contribution in [0.4, 0.5) is 31.1 Å². The number of urea groups is 1. The Kier molecular flexibility index (Phi) is 5.79. The van der Waals surface area contributed by atoms with Gasteiger partial charge in [0.25, 0.3) is 0 Å². The molecule has 26 heavy (non-hydrogen) atoms. The molecule has 0 aliphatic carbocycles. The second-order valence-electron chi connectivity index (χ2n) is 5.39. The molecule has 0 aliphatic heterocycles. The molecule has 9 heteroatoms. The van der Waals surface area contributed by atoms with Crippen molar-refractivity contribution in [3.05, 3.63) is 71.8 Å². The lowest BCUT2D eigenvalue weighted by Gasteiger charge is -2.26. The highest BCUT2D eigenvalue weighted by molar-refractivity contribution is 5.75. The summed E-state index contributed by atoms with van der Waals surface area (Å²) in [7, 11) is 0. The lowest BCUT2D eigenvalue weighted by Crippen LogP contribution is -2.47. The van der Waals surface area contributed by atoms with Gasteiger partial charge in [-0.2, -0.15) is 26.3 Å². The van der Waals surface area contributed by atoms with Crippen molar-refractivity contribution >= 4 is 6.03 Å². The number of carbonyl (C=O) groups is 1. The van der Waals surface area contributed by atoms with Gasteiger partial charge in [-0.05, 0) is 11.1 Å². The molecule has 0 fully saturated rings. The number of hydrogen-bond donors (Lipinski definition) is 2. The molecule has 0 aromatic heterocycles. The van der Waals surface area contributed by atoms with Crippen LogP contribution in [0.2, 0.25) is 0 Å². The van der Waals surface area contributed by atoms with Gasteiger partial charge in [-0.25, -0.2) is 4.79 Å². The Balaban J connectivity index is 2.21. The highest BCUT2D eigenvalue weighted by Crippen LogP contribution is 2.34. The zero-order chi connectivity index (χ0) is 19.4. The molecule has 0 spiro atoms. The third-order valence-electron chi connectivity index (χ3n) is 3.47. The van der Waals surface area contributed by atoms with Gasteiger partial charge in [-0.3, -0.25) is 0 Å². The standard InChI is InChI=1S/C17H14F6N2O/c18-16(19,20)13(11-7-3-1-4-8-11)24-15(26)25-14(17(21,22)23)12-9-5-2-6-10-12/h1-10,13-14H,(H2,24,25,26). The number of alkyl halides is 6. The minimum absolute atomic E-state index is 0.293. The van der Waals surface area contributed by atoms with Gasteiger partial charge in [-0.15, -0.1) is 0 Å². The number of halogens is 6. The zero-order valence-electron chi connectivity index (χ0n) is 13.1. The van der Waals surface area contributed by atoms with E-state index in [0.29, 0.717) is 0 Å². The highest BCUT2D eigenvalue weighted by Gasteiger charge is 2.45. The SMILES string of the molecule is O=C(NC(c1ccccc1)C(F)(F)F)NC(c1ccccc1)C(F)(F)F. The quantitative estimate of drug-likeness (QED) is 0.733. The van der Waals surface area contributed by atoms with E-state index >= 15 is 0 Å². The van der Waals surface area contributed by atoms with E-state index in [2.05, 4.69) is 0 Å². The molecule has 0 radical (unpaired) electrons. The van der Waals surface area contributed by atoms with E-state index in [1.165, 1.54) is 36.4 Å². The Morgan fingerprint density at radius 2 is 0.962 bits per heavy atom. The summed E-state index contributed by atoms with van der Waals surface area (Å²) < 4.78 is 79.2. The summed E-state index contributed by atoms with van der Waals surface area (Å²) >= 11 is 0. The maximum atomic E-state index is 13.2. The van der Waals surface area contributed by atoms with Gasteiger partial charge in [0, 0.05) is 0 Å². The second-order valence-corrected chi connectivity index (χ2v) is 5.39. The summed E-state index contributed by atoms with van der Waals surface area (Å²) in [4.78, 5) is 11.9. The summed E-state index contributed by atoms with van der Waals surface area (Å²) in [6.45, 7) is 0. The van der Waals surface area contributed by atoms with Crippen LogP contribution in [0.5, 0.6) is 0 Å². The van der Waals surface area contributed by atoms with Crippen LogP contribution in [-0.2, 0) is 0 Å². The third-order valence-corrected chi connectivity index (χ3v) is 3.47. The molecule has 0 saturated carbocycles. The van der Waals surface area contributed by atoms with Crippen LogP contribution in [0.1, 0.15) is 23.2 Å². The first-order valence-corrected chi connectivity index (χ1v) is 7.39. The van der Waals surface area contributed by atoms with E-state index in [1.54, 1.807) is 10.6 Å². The fraction of sp³-hybridized carbons (Fsp3) is 0.235. The molecule has 0 aliphatic rings. The summed E-state index contributed by atoms with van der Waals surface area (Å²) in [5.74, 6) is 0. The van der Waals surface area contributed by atoms with Gasteiger partial charge in [0.05, 0.1) is 0 Å². The zero-order valence-corrected chi connectivity index (χ0v) is 13.1. The Morgan fingerprint density at radius 1 is 0.654 bits per heavy atom. The molecule has 0 bridgehead atoms. The number of amides is 2. The smallest absolute Gasteiger partial charge is 0.322 e. The Morgan fingerprint density at radius 3 is 1.23 bits per heavy atom. The monoisotopic (exact) mass is 376 g/mol. The Labute approximate surface area is 145 Å². The normalized spacial score (nSPS) is 14.4. The molecule has 0 saturated heterocycles. The maximum absolute atomic E-state index is 13.2. The summed E-state index contributed by atoms with van der Waals surface area (Å²) in [6.07, 6.45) is -9.75. The molecule has 2 amide bonds. The number of nitrogens with one attached hydrogen (secondary N) is 2. The largest absolute Gasteiger partial charge is 0.412 e. The van der Waals surface area contributed by atoms with Crippen LogP contribution < -0.4 is 10.6 Å². The lowest BCUT2D eigenvalue weighted by atomic mass is 10.1. The average molecular weight is 376 g/mol. The summed E-state index contributed by atoms with van der Waals surface area (Å²) in [6, 6.07) is 6.31. The van der Waals surface area contributed by atoms with Gasteiger partial charge in [-0.1, -0.05) is 60.7 Å². The van der Waals surface area contributed by atoms with E-state index < -0.39 is 30.5 Å². The van der Waals surface area contributed by atoms with Crippen LogP contribution in [0.15, 0.2) is 60.7 Å². The van der Waals surface area contributed by atoms with Crippen molar-refractivity contribution in [2.45, 2.75) is 24.4 Å². The summed E-state index contributed by atoms with van der Waals surface area (Å²) in [5, 5.41) is 3.14. The molecule has 2 unspecified atom stereocenters. The fourth-order valence-corrected chi connectivity index (χ4v) is 2.30. The lowest BCUT2D eigenvalue weighted by molar-refractivity contribution is -0.158. The maximum Gasteiger partial charge on any atom is 0.412 e. The number of benzene rings is 2. The fourth-order valence-electron chi connectivity index (χ4n) is 2.30. The van der Waals surface area contributed by atoms with Crippen molar-refractivity contribution < 1.29 is 31.1 Å². The van der Waals surface area contributed by atoms with Crippen molar-refractivity contribution in [1.82, 2.24) is 10.6 Å². The topological polar surface area (TPSA) is 41.1 Å². The van der Waals surface area contributed by atoms with E-state index in [1.807, 2.05) is 0 Å². The molecule has 2 atom stereocenters. The summed E-state index contributed by atoms with van der Waals surface area (Å²) in [5.41, 5.74) is -0.586. The first-order valence-electron chi connectivity index (χ1n) is 7.39. The molecule has 2 N–H and O–H groups in total. The molecular formula is C17H14F6N2O. The minimum atomic E-state index is -4.88. The average Bonchev–Trinajstić information content (AvgIpc) is 2.57. The van der Waals surface area contributed by atoms with Crippen molar-refractivity contribution in [2.75, 3.05) is 0 Å². The van der Waals surface area contributed by atoms with Crippen LogP contribution in [0, 0.1) is 0 Å². The molecule has 3 nitrogen and oxygen atoms in total. The first kappa shape index (κ1) is 19.6. The van der Waals surface area contributed by atoms with Gasteiger partial charge in [0.15, 0.2) is 12.1 Å². The predicted molar refractivity (Wildman–Crippen MR) is 82.1 cm³/mol. The third kappa shape index (κ3) is 5.14. The van der Waals surface area contributed by atoms with Gasteiger partial charge in [0.2, 0.25) is 0 Å². The molecule has 2 aromatic rings. The van der Waals surface area contributed by atoms with Crippen LogP contribution in [0.25, 0.3) is 0 Å². The van der Waals surface area contributed by atoms with E-state index in [0.717, 1.165) is 24.3 Å². The van der Waals surface area contributed by atoms with E-state index in [9.17, 15) is 31.1 Å². The predicted octanol–water partition coefficient (Wildman–Crippen LogP) is 4.89. The molecule has 140 valence electrons. The van der Waals surface area contributed by atoms with E-state index in [4.69, 9.17) is 0 Å². The number of carbonyl (C=O) groups excluding carboxylic acids is 1. The highest BCUT2D eigenvalue weighted by atomic mass is 19.4. The Hall–Kier alpha value is -2.71. The minimum Gasteiger partial charge on any atom is -0.322 e. The molecule has 0 heterocycles. The molecular weight excluding hydrogens is 362 g/mol. The second kappa shape index (κ2) is 7.67. The van der Waals surface area contributed by atoms with Gasteiger partial charge < -0.3 is 10.6 Å². The van der Waals surface area contributed by atoms with Crippen molar-refractivity contribution in [2.24, 2.45) is 0 Å². The van der Waals surface area contributed by atoms with Crippen LogP contribution in [-0.4, -0.2) is 18.4 Å². The number of rotatable bonds is 4. The molecule has 2 rings (SSSR count). The first-order chi connectivity index (χ1) is 12.1. The van der Waals surface area contributed by atoms with Crippen molar-refractivity contribution in [3.63, 3.8) is 0 Å². The van der Waals surface area contributed by atoms with E-state index in [-0.39, 0.29) is 11.1 Å². The van der Waals surface area contributed by atoms with Crippen LogP contribution in [0.3, 0.4) is 0 Å². The van der Waals surface area contributed by atoms with Gasteiger partial charge >= 0.3 is 18.4 Å².